The Kier molecular flexibility index (Phi) is 4.61. The molecule has 0 saturated heterocycles. The second-order valence-electron chi connectivity index (χ2n) is 4.27. The molecular weight excluding hydrogens is 326 g/mol. The second-order valence-corrected chi connectivity index (χ2v) is 5.62. The summed E-state index contributed by atoms with van der Waals surface area (Å²) >= 11 is 9.19. The highest BCUT2D eigenvalue weighted by Crippen LogP contribution is 2.16. The first-order valence-electron chi connectivity index (χ1n) is 5.85. The molecule has 0 radical (unpaired) electrons. The normalized spacial score (nSPS) is 10.3. The lowest BCUT2D eigenvalue weighted by atomic mass is 10.1. The molecule has 0 fully saturated rings. The quantitative estimate of drug-likeness (QED) is 0.886. The van der Waals surface area contributed by atoms with Gasteiger partial charge in [0.25, 0.3) is 5.91 Å². The van der Waals surface area contributed by atoms with Crippen LogP contribution in [0.15, 0.2) is 46.9 Å². The number of halogens is 2. The molecule has 98 valence electrons. The van der Waals surface area contributed by atoms with Gasteiger partial charge in [0, 0.05) is 21.6 Å². The largest absolute Gasteiger partial charge is 0.348 e. The Hall–Kier alpha value is -1.32. The number of aryl methyl sites for hydroxylation is 1. The average Bonchev–Trinajstić information content (AvgIpc) is 2.40. The van der Waals surface area contributed by atoms with Gasteiger partial charge in [-0.05, 0) is 42.3 Å². The van der Waals surface area contributed by atoms with Crippen LogP contribution in [0.25, 0.3) is 0 Å². The van der Waals surface area contributed by atoms with Crippen LogP contribution in [0.5, 0.6) is 0 Å². The standard InChI is InChI=1S/C15H13BrClNO/c1-10-2-5-12(16)8-14(10)15(19)18-9-11-3-6-13(17)7-4-11/h2-8H,9H2,1H3,(H,18,19). The molecule has 0 heterocycles. The molecule has 2 aromatic carbocycles. The van der Waals surface area contributed by atoms with Crippen LogP contribution in [0, 0.1) is 6.92 Å². The number of carbonyl (C=O) groups excluding carboxylic acids is 1. The highest BCUT2D eigenvalue weighted by Gasteiger charge is 2.09. The number of hydrogen-bond donors (Lipinski definition) is 1. The van der Waals surface area contributed by atoms with E-state index in [9.17, 15) is 4.79 Å². The van der Waals surface area contributed by atoms with E-state index in [2.05, 4.69) is 21.2 Å². The van der Waals surface area contributed by atoms with E-state index in [1.54, 1.807) is 0 Å². The van der Waals surface area contributed by atoms with E-state index in [0.29, 0.717) is 17.1 Å². The Labute approximate surface area is 125 Å². The monoisotopic (exact) mass is 337 g/mol. The van der Waals surface area contributed by atoms with E-state index in [0.717, 1.165) is 15.6 Å². The van der Waals surface area contributed by atoms with Crippen LogP contribution in [-0.2, 0) is 6.54 Å². The third kappa shape index (κ3) is 3.82. The van der Waals surface area contributed by atoms with Crippen LogP contribution in [0.3, 0.4) is 0 Å². The maximum atomic E-state index is 12.1. The molecule has 4 heteroatoms. The summed E-state index contributed by atoms with van der Waals surface area (Å²) in [6.45, 7) is 2.41. The van der Waals surface area contributed by atoms with Gasteiger partial charge in [-0.2, -0.15) is 0 Å². The van der Waals surface area contributed by atoms with Crippen molar-refractivity contribution in [2.75, 3.05) is 0 Å². The lowest BCUT2D eigenvalue weighted by Crippen LogP contribution is -2.23. The minimum atomic E-state index is -0.0752. The van der Waals surface area contributed by atoms with Gasteiger partial charge in [-0.25, -0.2) is 0 Å². The Bertz CT molecular complexity index is 596. The summed E-state index contributed by atoms with van der Waals surface area (Å²) in [5.74, 6) is -0.0752. The molecule has 2 rings (SSSR count). The topological polar surface area (TPSA) is 29.1 Å². The molecule has 2 aromatic rings. The van der Waals surface area contributed by atoms with Crippen molar-refractivity contribution in [3.63, 3.8) is 0 Å². The third-order valence-electron chi connectivity index (χ3n) is 2.81. The summed E-state index contributed by atoms with van der Waals surface area (Å²) in [7, 11) is 0. The number of carbonyl (C=O) groups is 1. The van der Waals surface area contributed by atoms with Crippen LogP contribution in [0.4, 0.5) is 0 Å². The van der Waals surface area contributed by atoms with Crippen molar-refractivity contribution < 1.29 is 4.79 Å². The van der Waals surface area contributed by atoms with Crippen LogP contribution < -0.4 is 5.32 Å². The second kappa shape index (κ2) is 6.22. The average molecular weight is 339 g/mol. The Morgan fingerprint density at radius 1 is 1.21 bits per heavy atom. The first kappa shape index (κ1) is 14.1. The van der Waals surface area contributed by atoms with Gasteiger partial charge in [0.2, 0.25) is 0 Å². The molecule has 1 N–H and O–H groups in total. The zero-order valence-corrected chi connectivity index (χ0v) is 12.8. The predicted molar refractivity (Wildman–Crippen MR) is 81.5 cm³/mol. The molecule has 0 aromatic heterocycles. The number of nitrogens with one attached hydrogen (secondary N) is 1. The molecule has 19 heavy (non-hydrogen) atoms. The molecule has 2 nitrogen and oxygen atoms in total. The maximum absolute atomic E-state index is 12.1. The lowest BCUT2D eigenvalue weighted by molar-refractivity contribution is 0.0950. The van der Waals surface area contributed by atoms with Gasteiger partial charge in [-0.3, -0.25) is 4.79 Å². The lowest BCUT2D eigenvalue weighted by Gasteiger charge is -2.08. The zero-order chi connectivity index (χ0) is 13.8. The summed E-state index contributed by atoms with van der Waals surface area (Å²) in [5.41, 5.74) is 2.66. The van der Waals surface area contributed by atoms with Gasteiger partial charge in [0.15, 0.2) is 0 Å². The molecule has 0 saturated carbocycles. The number of benzene rings is 2. The summed E-state index contributed by atoms with van der Waals surface area (Å²) < 4.78 is 0.898. The van der Waals surface area contributed by atoms with E-state index in [-0.39, 0.29) is 5.91 Å². The summed E-state index contributed by atoms with van der Waals surface area (Å²) in [4.78, 5) is 12.1. The summed E-state index contributed by atoms with van der Waals surface area (Å²) in [6, 6.07) is 13.1. The minimum Gasteiger partial charge on any atom is -0.348 e. The number of rotatable bonds is 3. The van der Waals surface area contributed by atoms with Crippen molar-refractivity contribution in [1.82, 2.24) is 5.32 Å². The van der Waals surface area contributed by atoms with Gasteiger partial charge in [-0.15, -0.1) is 0 Å². The maximum Gasteiger partial charge on any atom is 0.251 e. The fourth-order valence-corrected chi connectivity index (χ4v) is 2.21. The van der Waals surface area contributed by atoms with Gasteiger partial charge >= 0.3 is 0 Å². The summed E-state index contributed by atoms with van der Waals surface area (Å²) in [6.07, 6.45) is 0. The molecule has 1 amide bonds. The molecule has 0 aliphatic heterocycles. The minimum absolute atomic E-state index is 0.0752. The van der Waals surface area contributed by atoms with E-state index < -0.39 is 0 Å². The van der Waals surface area contributed by atoms with Crippen molar-refractivity contribution in [2.24, 2.45) is 0 Å². The van der Waals surface area contributed by atoms with Crippen molar-refractivity contribution >= 4 is 33.4 Å². The Morgan fingerprint density at radius 2 is 1.89 bits per heavy atom. The molecule has 0 aliphatic carbocycles. The Balaban J connectivity index is 2.05. The fourth-order valence-electron chi connectivity index (χ4n) is 1.72. The van der Waals surface area contributed by atoms with Crippen molar-refractivity contribution in [3.05, 3.63) is 68.7 Å². The van der Waals surface area contributed by atoms with Gasteiger partial charge in [0.05, 0.1) is 0 Å². The number of hydrogen-bond acceptors (Lipinski definition) is 1. The van der Waals surface area contributed by atoms with Gasteiger partial charge < -0.3 is 5.32 Å². The molecule has 0 bridgehead atoms. The fraction of sp³-hybridized carbons (Fsp3) is 0.133. The van der Waals surface area contributed by atoms with Crippen molar-refractivity contribution in [1.29, 1.82) is 0 Å². The highest BCUT2D eigenvalue weighted by molar-refractivity contribution is 9.10. The predicted octanol–water partition coefficient (Wildman–Crippen LogP) is 4.34. The van der Waals surface area contributed by atoms with Crippen LogP contribution in [0.1, 0.15) is 21.5 Å². The summed E-state index contributed by atoms with van der Waals surface area (Å²) in [5, 5.41) is 3.59. The van der Waals surface area contributed by atoms with E-state index >= 15 is 0 Å². The van der Waals surface area contributed by atoms with Gasteiger partial charge in [0.1, 0.15) is 0 Å². The third-order valence-corrected chi connectivity index (χ3v) is 3.56. The molecule has 0 unspecified atom stereocenters. The van der Waals surface area contributed by atoms with Crippen LogP contribution in [-0.4, -0.2) is 5.91 Å². The molecule has 0 aliphatic rings. The SMILES string of the molecule is Cc1ccc(Br)cc1C(=O)NCc1ccc(Cl)cc1. The molecule has 0 spiro atoms. The van der Waals surface area contributed by atoms with E-state index in [1.165, 1.54) is 0 Å². The first-order chi connectivity index (χ1) is 9.06. The van der Waals surface area contributed by atoms with Crippen LogP contribution in [0.2, 0.25) is 5.02 Å². The zero-order valence-electron chi connectivity index (χ0n) is 10.4. The highest BCUT2D eigenvalue weighted by atomic mass is 79.9. The van der Waals surface area contributed by atoms with Crippen molar-refractivity contribution in [3.8, 4) is 0 Å². The van der Waals surface area contributed by atoms with E-state index in [1.807, 2.05) is 49.4 Å². The van der Waals surface area contributed by atoms with Gasteiger partial charge in [-0.1, -0.05) is 45.7 Å². The van der Waals surface area contributed by atoms with Crippen molar-refractivity contribution in [2.45, 2.75) is 13.5 Å². The molecule has 0 atom stereocenters. The first-order valence-corrected chi connectivity index (χ1v) is 7.02. The smallest absolute Gasteiger partial charge is 0.251 e. The van der Waals surface area contributed by atoms with E-state index in [4.69, 9.17) is 11.6 Å². The molecular formula is C15H13BrClNO. The Morgan fingerprint density at radius 3 is 2.58 bits per heavy atom. The number of amides is 1. The van der Waals surface area contributed by atoms with Crippen LogP contribution >= 0.6 is 27.5 Å².